The van der Waals surface area contributed by atoms with Gasteiger partial charge in [-0.2, -0.15) is 0 Å². The highest BCUT2D eigenvalue weighted by Crippen LogP contribution is 2.40. The quantitative estimate of drug-likeness (QED) is 0.520. The minimum Gasteiger partial charge on any atom is -0.493 e. The molecule has 0 spiro atoms. The van der Waals surface area contributed by atoms with Crippen molar-refractivity contribution in [3.8, 4) is 11.6 Å². The molecule has 0 amide bonds. The summed E-state index contributed by atoms with van der Waals surface area (Å²) in [6.45, 7) is 6.39. The summed E-state index contributed by atoms with van der Waals surface area (Å²) in [5.74, 6) is 1.42. The van der Waals surface area contributed by atoms with Gasteiger partial charge in [-0.1, -0.05) is 19.4 Å². The van der Waals surface area contributed by atoms with E-state index < -0.39 is 6.10 Å². The normalized spacial score (nSPS) is 13.7. The van der Waals surface area contributed by atoms with Crippen LogP contribution < -0.4 is 9.47 Å². The van der Waals surface area contributed by atoms with Crippen LogP contribution in [0.1, 0.15) is 49.0 Å². The molecular formula is C18H26N2O5. The molecule has 2 aromatic rings. The van der Waals surface area contributed by atoms with Crippen LogP contribution in [-0.4, -0.2) is 43.0 Å². The van der Waals surface area contributed by atoms with Crippen LogP contribution in [0.15, 0.2) is 33.9 Å². The summed E-state index contributed by atoms with van der Waals surface area (Å²) in [6, 6.07) is 1.36. The Balaban J connectivity index is 2.46. The van der Waals surface area contributed by atoms with Gasteiger partial charge in [0.15, 0.2) is 17.3 Å². The topological polar surface area (TPSA) is 81.1 Å². The summed E-state index contributed by atoms with van der Waals surface area (Å²) >= 11 is 0. The Kier molecular flexibility index (Phi) is 6.66. The first-order chi connectivity index (χ1) is 12.0. The lowest BCUT2D eigenvalue weighted by Gasteiger charge is -2.20. The third kappa shape index (κ3) is 4.05. The van der Waals surface area contributed by atoms with Gasteiger partial charge in [-0.15, -0.1) is 6.58 Å². The van der Waals surface area contributed by atoms with Gasteiger partial charge in [-0.3, -0.25) is 4.90 Å². The Labute approximate surface area is 147 Å². The molecule has 0 radical (unpaired) electrons. The zero-order valence-corrected chi connectivity index (χ0v) is 15.2. The van der Waals surface area contributed by atoms with Crippen molar-refractivity contribution in [3.05, 3.63) is 42.1 Å². The summed E-state index contributed by atoms with van der Waals surface area (Å²) in [4.78, 5) is 1.90. The number of ether oxygens (including phenoxy) is 2. The van der Waals surface area contributed by atoms with Gasteiger partial charge < -0.3 is 23.5 Å². The molecule has 0 aromatic carbocycles. The van der Waals surface area contributed by atoms with Crippen LogP contribution >= 0.6 is 0 Å². The molecule has 0 aliphatic carbocycles. The van der Waals surface area contributed by atoms with Gasteiger partial charge in [0.25, 0.3) is 5.88 Å². The first-order valence-electron chi connectivity index (χ1n) is 8.25. The lowest BCUT2D eigenvalue weighted by molar-refractivity contribution is 0.172. The van der Waals surface area contributed by atoms with Crippen LogP contribution in [0, 0.1) is 0 Å². The lowest BCUT2D eigenvalue weighted by Crippen LogP contribution is -2.19. The minimum absolute atomic E-state index is 0.253. The fraction of sp³-hybridized carbons (Fsp3) is 0.500. The highest BCUT2D eigenvalue weighted by molar-refractivity contribution is 5.41. The number of unbranched alkanes of at least 4 members (excludes halogenated alkanes) is 1. The van der Waals surface area contributed by atoms with E-state index in [9.17, 15) is 5.11 Å². The highest BCUT2D eigenvalue weighted by atomic mass is 16.5. The zero-order valence-electron chi connectivity index (χ0n) is 15.2. The smallest absolute Gasteiger partial charge is 0.260 e. The average molecular weight is 350 g/mol. The number of rotatable bonds is 10. The minimum atomic E-state index is -1.13. The van der Waals surface area contributed by atoms with Crippen molar-refractivity contribution in [3.63, 3.8) is 0 Å². The highest BCUT2D eigenvalue weighted by Gasteiger charge is 2.33. The lowest BCUT2D eigenvalue weighted by atomic mass is 10.0. The molecule has 25 heavy (non-hydrogen) atoms. The summed E-state index contributed by atoms with van der Waals surface area (Å²) in [6.07, 6.45) is 3.90. The van der Waals surface area contributed by atoms with E-state index in [0.717, 1.165) is 12.8 Å². The van der Waals surface area contributed by atoms with Crippen LogP contribution in [0.5, 0.6) is 11.6 Å². The number of aromatic nitrogens is 1. The number of aliphatic hydroxyl groups is 1. The molecule has 7 nitrogen and oxygen atoms in total. The van der Waals surface area contributed by atoms with Crippen LogP contribution in [0.3, 0.4) is 0 Å². The Morgan fingerprint density at radius 1 is 1.40 bits per heavy atom. The molecule has 0 saturated heterocycles. The first-order valence-corrected chi connectivity index (χ1v) is 8.25. The Hall–Kier alpha value is -2.25. The number of methoxy groups -OCH3 is 1. The number of hydrogen-bond acceptors (Lipinski definition) is 7. The average Bonchev–Trinajstić information content (AvgIpc) is 3.22. The van der Waals surface area contributed by atoms with Gasteiger partial charge >= 0.3 is 0 Å². The molecule has 7 heteroatoms. The number of furan rings is 1. The van der Waals surface area contributed by atoms with E-state index in [1.54, 1.807) is 12.1 Å². The van der Waals surface area contributed by atoms with Gasteiger partial charge in [-0.05, 0) is 25.7 Å². The maximum Gasteiger partial charge on any atom is 0.260 e. The van der Waals surface area contributed by atoms with Crippen molar-refractivity contribution in [1.82, 2.24) is 10.1 Å². The van der Waals surface area contributed by atoms with Crippen LogP contribution in [0.2, 0.25) is 0 Å². The summed E-state index contributed by atoms with van der Waals surface area (Å²) in [5.41, 5.74) is 0.419. The maximum atomic E-state index is 10.9. The second-order valence-corrected chi connectivity index (χ2v) is 5.87. The van der Waals surface area contributed by atoms with E-state index in [1.165, 1.54) is 13.4 Å². The maximum absolute atomic E-state index is 10.9. The van der Waals surface area contributed by atoms with Crippen LogP contribution in [0.25, 0.3) is 0 Å². The molecule has 0 unspecified atom stereocenters. The zero-order chi connectivity index (χ0) is 18.4. The van der Waals surface area contributed by atoms with Crippen molar-refractivity contribution in [2.75, 3.05) is 27.8 Å². The molecular weight excluding hydrogens is 324 g/mol. The van der Waals surface area contributed by atoms with Crippen molar-refractivity contribution in [2.24, 2.45) is 0 Å². The van der Waals surface area contributed by atoms with Crippen molar-refractivity contribution >= 4 is 0 Å². The Bertz CT molecular complexity index is 677. The standard InChI is InChI=1S/C18H26N2O5/c1-6-8-10-24-18-14(15(21)17-13(22-5)9-11-23-17)16(25-19-18)12(7-2)20(3)4/h7,9,11-12,15,21H,2,6,8,10H2,1,3-5H3/t12-,15+/m0/s1. The molecule has 2 rings (SSSR count). The van der Waals surface area contributed by atoms with Crippen molar-refractivity contribution in [2.45, 2.75) is 31.9 Å². The van der Waals surface area contributed by atoms with Crippen molar-refractivity contribution < 1.29 is 23.5 Å². The molecule has 0 fully saturated rings. The number of nitrogens with zero attached hydrogens (tertiary/aromatic N) is 2. The Morgan fingerprint density at radius 3 is 2.76 bits per heavy atom. The molecule has 0 saturated carbocycles. The Morgan fingerprint density at radius 2 is 2.16 bits per heavy atom. The largest absolute Gasteiger partial charge is 0.493 e. The van der Waals surface area contributed by atoms with Gasteiger partial charge in [-0.25, -0.2) is 0 Å². The van der Waals surface area contributed by atoms with Crippen LogP contribution in [-0.2, 0) is 0 Å². The fourth-order valence-corrected chi connectivity index (χ4v) is 2.54. The van der Waals surface area contributed by atoms with E-state index >= 15 is 0 Å². The first kappa shape index (κ1) is 19.1. The molecule has 2 atom stereocenters. The fourth-order valence-electron chi connectivity index (χ4n) is 2.54. The monoisotopic (exact) mass is 350 g/mol. The van der Waals surface area contributed by atoms with E-state index in [4.69, 9.17) is 18.4 Å². The van der Waals surface area contributed by atoms with Gasteiger partial charge in [0, 0.05) is 6.07 Å². The number of aliphatic hydroxyl groups excluding tert-OH is 1. The summed E-state index contributed by atoms with van der Waals surface area (Å²) < 4.78 is 21.9. The van der Waals surface area contributed by atoms with E-state index in [1.807, 2.05) is 19.0 Å². The van der Waals surface area contributed by atoms with Gasteiger partial charge in [0.2, 0.25) is 0 Å². The summed E-state index contributed by atoms with van der Waals surface area (Å²) in [5, 5.41) is 14.9. The number of hydrogen-bond donors (Lipinski definition) is 1. The van der Waals surface area contributed by atoms with E-state index in [0.29, 0.717) is 23.7 Å². The molecule has 2 aromatic heterocycles. The van der Waals surface area contributed by atoms with E-state index in [2.05, 4.69) is 18.7 Å². The predicted molar refractivity (Wildman–Crippen MR) is 92.9 cm³/mol. The van der Waals surface area contributed by atoms with Crippen molar-refractivity contribution in [1.29, 1.82) is 0 Å². The third-order valence-electron chi connectivity index (χ3n) is 3.91. The predicted octanol–water partition coefficient (Wildman–Crippen LogP) is 3.33. The van der Waals surface area contributed by atoms with E-state index in [-0.39, 0.29) is 17.7 Å². The second-order valence-electron chi connectivity index (χ2n) is 5.87. The summed E-state index contributed by atoms with van der Waals surface area (Å²) in [7, 11) is 5.28. The number of likely N-dealkylation sites (N-methyl/N-ethyl adjacent to an activating group) is 1. The molecule has 2 heterocycles. The molecule has 138 valence electrons. The SMILES string of the molecule is C=C[C@@H](c1onc(OCCCC)c1[C@@H](O)c1occc1OC)N(C)C. The molecule has 0 bridgehead atoms. The third-order valence-corrected chi connectivity index (χ3v) is 3.91. The van der Waals surface area contributed by atoms with Gasteiger partial charge in [0.05, 0.1) is 31.6 Å². The molecule has 0 aliphatic heterocycles. The van der Waals surface area contributed by atoms with Crippen LogP contribution in [0.4, 0.5) is 0 Å². The second kappa shape index (κ2) is 8.73. The molecule has 0 aliphatic rings. The molecule has 1 N–H and O–H groups in total. The van der Waals surface area contributed by atoms with Gasteiger partial charge in [0.1, 0.15) is 6.10 Å².